The Hall–Kier alpha value is -3.22. The molecule has 0 unspecified atom stereocenters. The van der Waals surface area contributed by atoms with Crippen molar-refractivity contribution in [2.45, 2.75) is 27.3 Å². The fraction of sp³-hybridized carbons (Fsp3) is 0.286. The molecule has 2 N–H and O–H groups in total. The smallest absolute Gasteiger partial charge is 0.249 e. The highest BCUT2D eigenvalue weighted by Gasteiger charge is 2.07. The van der Waals surface area contributed by atoms with Crippen molar-refractivity contribution < 1.29 is 4.39 Å². The van der Waals surface area contributed by atoms with Crippen LogP contribution in [-0.4, -0.2) is 28.3 Å². The number of aryl methyl sites for hydroxylation is 1. The second-order valence-electron chi connectivity index (χ2n) is 6.44. The van der Waals surface area contributed by atoms with Gasteiger partial charge in [-0.2, -0.15) is 10.1 Å². The molecule has 1 aromatic heterocycles. The lowest BCUT2D eigenvalue weighted by molar-refractivity contribution is 0.627. The minimum absolute atomic E-state index is 0.249. The van der Waals surface area contributed by atoms with Crippen LogP contribution in [0.4, 0.5) is 27.5 Å². The normalized spacial score (nSPS) is 10.6. The first-order chi connectivity index (χ1) is 13.6. The van der Waals surface area contributed by atoms with E-state index in [0.717, 1.165) is 29.9 Å². The molecule has 0 radical (unpaired) electrons. The van der Waals surface area contributed by atoms with Crippen LogP contribution < -0.4 is 15.5 Å². The molecule has 7 heteroatoms. The molecule has 3 rings (SSSR count). The van der Waals surface area contributed by atoms with Crippen molar-refractivity contribution in [3.05, 3.63) is 65.6 Å². The topological polar surface area (TPSA) is 66.0 Å². The summed E-state index contributed by atoms with van der Waals surface area (Å²) >= 11 is 0. The van der Waals surface area contributed by atoms with Crippen LogP contribution in [0.2, 0.25) is 0 Å². The Morgan fingerprint density at radius 1 is 1.04 bits per heavy atom. The number of hydrogen-bond donors (Lipinski definition) is 2. The number of hydrogen-bond acceptors (Lipinski definition) is 6. The number of nitrogens with zero attached hydrogens (tertiary/aromatic N) is 4. The molecular weight excluding hydrogens is 355 g/mol. The van der Waals surface area contributed by atoms with E-state index in [0.29, 0.717) is 18.3 Å². The lowest BCUT2D eigenvalue weighted by atomic mass is 10.1. The summed E-state index contributed by atoms with van der Waals surface area (Å²) < 4.78 is 13.0. The molecule has 0 spiro atoms. The molecule has 0 fully saturated rings. The molecule has 0 aliphatic heterocycles. The van der Waals surface area contributed by atoms with E-state index < -0.39 is 0 Å². The van der Waals surface area contributed by atoms with Gasteiger partial charge in [0, 0.05) is 31.0 Å². The van der Waals surface area contributed by atoms with Gasteiger partial charge in [-0.05, 0) is 62.2 Å². The van der Waals surface area contributed by atoms with Gasteiger partial charge in [-0.25, -0.2) is 4.39 Å². The van der Waals surface area contributed by atoms with Crippen molar-refractivity contribution in [3.8, 4) is 0 Å². The molecule has 6 nitrogen and oxygen atoms in total. The zero-order valence-electron chi connectivity index (χ0n) is 16.4. The molecule has 0 saturated carbocycles. The first-order valence-electron chi connectivity index (χ1n) is 9.39. The summed E-state index contributed by atoms with van der Waals surface area (Å²) in [6.45, 7) is 8.81. The molecule has 0 saturated heterocycles. The van der Waals surface area contributed by atoms with Gasteiger partial charge in [-0.15, -0.1) is 5.10 Å². The van der Waals surface area contributed by atoms with E-state index in [1.165, 1.54) is 17.8 Å². The van der Waals surface area contributed by atoms with E-state index in [-0.39, 0.29) is 5.82 Å². The van der Waals surface area contributed by atoms with Crippen LogP contribution in [0.25, 0.3) is 0 Å². The van der Waals surface area contributed by atoms with Gasteiger partial charge in [0.2, 0.25) is 5.95 Å². The number of anilines is 4. The molecule has 0 bridgehead atoms. The third kappa shape index (κ3) is 4.94. The molecule has 146 valence electrons. The van der Waals surface area contributed by atoms with Crippen LogP contribution in [0.5, 0.6) is 0 Å². The average molecular weight is 380 g/mol. The molecule has 28 heavy (non-hydrogen) atoms. The van der Waals surface area contributed by atoms with Crippen molar-refractivity contribution in [3.63, 3.8) is 0 Å². The maximum atomic E-state index is 13.0. The number of rotatable bonds is 8. The summed E-state index contributed by atoms with van der Waals surface area (Å²) in [7, 11) is 0. The lowest BCUT2D eigenvalue weighted by Gasteiger charge is -2.22. The second kappa shape index (κ2) is 9.12. The number of halogens is 1. The third-order valence-corrected chi connectivity index (χ3v) is 4.53. The predicted octanol–water partition coefficient (Wildman–Crippen LogP) is 4.52. The summed E-state index contributed by atoms with van der Waals surface area (Å²) in [6, 6.07) is 12.6. The van der Waals surface area contributed by atoms with E-state index >= 15 is 0 Å². The van der Waals surface area contributed by atoms with Gasteiger partial charge in [-0.1, -0.05) is 12.1 Å². The predicted molar refractivity (Wildman–Crippen MR) is 112 cm³/mol. The van der Waals surface area contributed by atoms with E-state index in [9.17, 15) is 4.39 Å². The van der Waals surface area contributed by atoms with Crippen molar-refractivity contribution >= 4 is 23.1 Å². The first-order valence-corrected chi connectivity index (χ1v) is 9.39. The highest BCUT2D eigenvalue weighted by Crippen LogP contribution is 2.24. The molecule has 0 atom stereocenters. The maximum absolute atomic E-state index is 13.0. The lowest BCUT2D eigenvalue weighted by Crippen LogP contribution is -2.21. The molecule has 1 heterocycles. The SMILES string of the molecule is CCN(CC)c1ccc(Nc2nncc(NCc3ccc(F)cc3)n2)c(C)c1. The number of aromatic nitrogens is 3. The number of nitrogens with one attached hydrogen (secondary N) is 2. The molecule has 3 aromatic rings. The van der Waals surface area contributed by atoms with Gasteiger partial charge in [-0.3, -0.25) is 0 Å². The van der Waals surface area contributed by atoms with Gasteiger partial charge >= 0.3 is 0 Å². The minimum atomic E-state index is -0.249. The highest BCUT2D eigenvalue weighted by molar-refractivity contribution is 5.64. The Morgan fingerprint density at radius 3 is 2.46 bits per heavy atom. The Morgan fingerprint density at radius 2 is 1.79 bits per heavy atom. The van der Waals surface area contributed by atoms with Crippen molar-refractivity contribution in [2.24, 2.45) is 0 Å². The Kier molecular flexibility index (Phi) is 6.37. The summed E-state index contributed by atoms with van der Waals surface area (Å²) in [5.74, 6) is 0.767. The van der Waals surface area contributed by atoms with E-state index in [2.05, 4.69) is 63.6 Å². The third-order valence-electron chi connectivity index (χ3n) is 4.53. The minimum Gasteiger partial charge on any atom is -0.372 e. The van der Waals surface area contributed by atoms with Crippen molar-refractivity contribution in [1.29, 1.82) is 0 Å². The summed E-state index contributed by atoms with van der Waals surface area (Å²) in [4.78, 5) is 6.75. The average Bonchev–Trinajstić information content (AvgIpc) is 2.71. The quantitative estimate of drug-likeness (QED) is 0.599. The van der Waals surface area contributed by atoms with E-state index in [4.69, 9.17) is 0 Å². The fourth-order valence-corrected chi connectivity index (χ4v) is 2.93. The molecule has 0 aliphatic rings. The summed E-state index contributed by atoms with van der Waals surface area (Å²) in [5, 5.41) is 14.5. The summed E-state index contributed by atoms with van der Waals surface area (Å²) in [5.41, 5.74) is 4.20. The first kappa shape index (κ1) is 19.5. The summed E-state index contributed by atoms with van der Waals surface area (Å²) in [6.07, 6.45) is 1.56. The van der Waals surface area contributed by atoms with Gasteiger partial charge in [0.1, 0.15) is 5.82 Å². The number of benzene rings is 2. The van der Waals surface area contributed by atoms with Crippen LogP contribution in [-0.2, 0) is 6.54 Å². The molecular formula is C21H25FN6. The highest BCUT2D eigenvalue weighted by atomic mass is 19.1. The zero-order chi connectivity index (χ0) is 19.9. The standard InChI is InChI=1S/C21H25FN6/c1-4-28(5-2)18-10-11-19(15(3)12-18)25-21-26-20(14-24-27-21)23-13-16-6-8-17(22)9-7-16/h6-12,14H,4-5,13H2,1-3H3,(H2,23,25,26,27). The zero-order valence-corrected chi connectivity index (χ0v) is 16.4. The van der Waals surface area contributed by atoms with Crippen LogP contribution in [0.15, 0.2) is 48.7 Å². The van der Waals surface area contributed by atoms with Gasteiger partial charge < -0.3 is 15.5 Å². The Bertz CT molecular complexity index is 909. The maximum Gasteiger partial charge on any atom is 0.249 e. The molecule has 0 aliphatic carbocycles. The fourth-order valence-electron chi connectivity index (χ4n) is 2.93. The van der Waals surface area contributed by atoms with Gasteiger partial charge in [0.15, 0.2) is 5.82 Å². The Labute approximate surface area is 164 Å². The molecule has 0 amide bonds. The van der Waals surface area contributed by atoms with E-state index in [1.54, 1.807) is 18.3 Å². The monoisotopic (exact) mass is 380 g/mol. The van der Waals surface area contributed by atoms with Crippen LogP contribution in [0.1, 0.15) is 25.0 Å². The Balaban J connectivity index is 1.68. The van der Waals surface area contributed by atoms with E-state index in [1.807, 2.05) is 6.07 Å². The van der Waals surface area contributed by atoms with Crippen LogP contribution >= 0.6 is 0 Å². The van der Waals surface area contributed by atoms with Crippen molar-refractivity contribution in [2.75, 3.05) is 28.6 Å². The van der Waals surface area contributed by atoms with Gasteiger partial charge in [0.05, 0.1) is 6.20 Å². The van der Waals surface area contributed by atoms with Crippen LogP contribution in [0.3, 0.4) is 0 Å². The van der Waals surface area contributed by atoms with Gasteiger partial charge in [0.25, 0.3) is 0 Å². The van der Waals surface area contributed by atoms with Crippen molar-refractivity contribution in [1.82, 2.24) is 15.2 Å². The second-order valence-corrected chi connectivity index (χ2v) is 6.44. The molecule has 2 aromatic carbocycles. The largest absolute Gasteiger partial charge is 0.372 e. The van der Waals surface area contributed by atoms with Crippen LogP contribution in [0, 0.1) is 12.7 Å².